The van der Waals surface area contributed by atoms with Crippen molar-refractivity contribution in [3.05, 3.63) is 20.8 Å². The summed E-state index contributed by atoms with van der Waals surface area (Å²) in [6, 6.07) is 4.19. The van der Waals surface area contributed by atoms with Gasteiger partial charge in [-0.15, -0.1) is 11.3 Å². The molecule has 1 aromatic heterocycles. The van der Waals surface area contributed by atoms with E-state index in [9.17, 15) is 5.11 Å². The fourth-order valence-corrected chi connectivity index (χ4v) is 3.21. The Bertz CT molecular complexity index is 302. The Morgan fingerprint density at radius 3 is 2.77 bits per heavy atom. The molecule has 72 valence electrons. The average Bonchev–Trinajstić information content (AvgIpc) is 2.31. The monoisotopic (exact) mass is 261 g/mol. The summed E-state index contributed by atoms with van der Waals surface area (Å²) >= 11 is 5.19. The molecule has 0 aliphatic carbocycles. The highest BCUT2D eigenvalue weighted by atomic mass is 79.9. The number of β-amino-alcohol motifs (C(OH)–C–C–N with tert-alkyl or cyclic N) is 1. The van der Waals surface area contributed by atoms with Crippen LogP contribution in [0.4, 0.5) is 0 Å². The number of hydrogen-bond acceptors (Lipinski definition) is 3. The van der Waals surface area contributed by atoms with Crippen LogP contribution in [-0.2, 0) is 6.54 Å². The maximum absolute atomic E-state index is 9.52. The van der Waals surface area contributed by atoms with Gasteiger partial charge in [0.15, 0.2) is 0 Å². The molecule has 0 amide bonds. The quantitative estimate of drug-likeness (QED) is 0.882. The minimum atomic E-state index is -0.450. The molecule has 0 aromatic carbocycles. The van der Waals surface area contributed by atoms with Gasteiger partial charge in [0.2, 0.25) is 0 Å². The second-order valence-corrected chi connectivity index (χ2v) is 6.40. The molecule has 1 N–H and O–H groups in total. The van der Waals surface area contributed by atoms with Crippen molar-refractivity contribution in [2.75, 3.05) is 13.1 Å². The van der Waals surface area contributed by atoms with E-state index in [0.29, 0.717) is 0 Å². The van der Waals surface area contributed by atoms with Gasteiger partial charge in [0.1, 0.15) is 0 Å². The van der Waals surface area contributed by atoms with E-state index < -0.39 is 5.60 Å². The van der Waals surface area contributed by atoms with Crippen LogP contribution >= 0.6 is 27.3 Å². The molecule has 4 heteroatoms. The van der Waals surface area contributed by atoms with Crippen LogP contribution in [0.25, 0.3) is 0 Å². The van der Waals surface area contributed by atoms with Crippen molar-refractivity contribution in [2.45, 2.75) is 19.1 Å². The maximum Gasteiger partial charge on any atom is 0.0872 e. The van der Waals surface area contributed by atoms with Gasteiger partial charge in [-0.1, -0.05) is 0 Å². The SMILES string of the molecule is CC1(O)CN(Cc2ccc(Br)s2)C1. The van der Waals surface area contributed by atoms with E-state index in [4.69, 9.17) is 0 Å². The molecule has 1 aliphatic rings. The highest BCUT2D eigenvalue weighted by molar-refractivity contribution is 9.11. The zero-order valence-corrected chi connectivity index (χ0v) is 9.86. The first-order valence-corrected chi connectivity index (χ1v) is 5.85. The van der Waals surface area contributed by atoms with Crippen LogP contribution in [0.15, 0.2) is 15.9 Å². The van der Waals surface area contributed by atoms with Gasteiger partial charge in [-0.05, 0) is 35.0 Å². The van der Waals surface area contributed by atoms with Crippen molar-refractivity contribution in [3.63, 3.8) is 0 Å². The number of likely N-dealkylation sites (tertiary alicyclic amines) is 1. The second kappa shape index (κ2) is 3.35. The van der Waals surface area contributed by atoms with Gasteiger partial charge in [-0.3, -0.25) is 4.90 Å². The third kappa shape index (κ3) is 2.31. The summed E-state index contributed by atoms with van der Waals surface area (Å²) in [7, 11) is 0. The number of nitrogens with zero attached hydrogens (tertiary/aromatic N) is 1. The van der Waals surface area contributed by atoms with E-state index >= 15 is 0 Å². The van der Waals surface area contributed by atoms with Crippen molar-refractivity contribution in [1.82, 2.24) is 4.90 Å². The zero-order valence-electron chi connectivity index (χ0n) is 7.46. The lowest BCUT2D eigenvalue weighted by molar-refractivity contribution is -0.0867. The predicted molar refractivity (Wildman–Crippen MR) is 57.9 cm³/mol. The van der Waals surface area contributed by atoms with Crippen LogP contribution < -0.4 is 0 Å². The normalized spacial score (nSPS) is 21.5. The number of hydrogen-bond donors (Lipinski definition) is 1. The Morgan fingerprint density at radius 1 is 1.62 bits per heavy atom. The Hall–Kier alpha value is 0.1000. The van der Waals surface area contributed by atoms with Crippen LogP contribution in [0, 0.1) is 0 Å². The minimum Gasteiger partial charge on any atom is -0.388 e. The molecule has 2 rings (SSSR count). The summed E-state index contributed by atoms with van der Waals surface area (Å²) in [5.74, 6) is 0. The highest BCUT2D eigenvalue weighted by Gasteiger charge is 2.36. The molecule has 2 heterocycles. The van der Waals surface area contributed by atoms with E-state index in [2.05, 4.69) is 33.0 Å². The molecule has 0 atom stereocenters. The molecule has 13 heavy (non-hydrogen) atoms. The lowest BCUT2D eigenvalue weighted by atomic mass is 9.97. The molecular formula is C9H12BrNOS. The Balaban J connectivity index is 1.87. The fourth-order valence-electron chi connectivity index (χ4n) is 1.69. The maximum atomic E-state index is 9.52. The van der Waals surface area contributed by atoms with E-state index in [1.807, 2.05) is 6.92 Å². The largest absolute Gasteiger partial charge is 0.388 e. The molecule has 1 aliphatic heterocycles. The summed E-state index contributed by atoms with van der Waals surface area (Å²) in [5, 5.41) is 9.52. The molecule has 0 bridgehead atoms. The van der Waals surface area contributed by atoms with Gasteiger partial charge in [0, 0.05) is 24.5 Å². The van der Waals surface area contributed by atoms with Crippen molar-refractivity contribution in [1.29, 1.82) is 0 Å². The van der Waals surface area contributed by atoms with E-state index in [1.54, 1.807) is 11.3 Å². The van der Waals surface area contributed by atoms with E-state index in [0.717, 1.165) is 19.6 Å². The fraction of sp³-hybridized carbons (Fsp3) is 0.556. The molecule has 1 aromatic rings. The first kappa shape index (κ1) is 9.65. The van der Waals surface area contributed by atoms with Crippen LogP contribution in [0.2, 0.25) is 0 Å². The van der Waals surface area contributed by atoms with Crippen LogP contribution in [0.1, 0.15) is 11.8 Å². The van der Waals surface area contributed by atoms with Crippen molar-refractivity contribution >= 4 is 27.3 Å². The molecule has 0 saturated carbocycles. The summed E-state index contributed by atoms with van der Waals surface area (Å²) < 4.78 is 1.18. The second-order valence-electron chi connectivity index (χ2n) is 3.85. The molecule has 0 radical (unpaired) electrons. The smallest absolute Gasteiger partial charge is 0.0872 e. The summed E-state index contributed by atoms with van der Waals surface area (Å²) in [4.78, 5) is 3.60. The third-order valence-electron chi connectivity index (χ3n) is 2.14. The van der Waals surface area contributed by atoms with Crippen LogP contribution in [0.5, 0.6) is 0 Å². The predicted octanol–water partition coefficient (Wildman–Crippen LogP) is 2.08. The number of aliphatic hydroxyl groups is 1. The molecule has 1 saturated heterocycles. The van der Waals surface area contributed by atoms with Crippen LogP contribution in [-0.4, -0.2) is 28.7 Å². The number of rotatable bonds is 2. The first-order valence-electron chi connectivity index (χ1n) is 4.24. The van der Waals surface area contributed by atoms with Crippen molar-refractivity contribution in [2.24, 2.45) is 0 Å². The lowest BCUT2D eigenvalue weighted by Gasteiger charge is -2.44. The Morgan fingerprint density at radius 2 is 2.31 bits per heavy atom. The first-order chi connectivity index (χ1) is 6.05. The van der Waals surface area contributed by atoms with Gasteiger partial charge in [0.25, 0.3) is 0 Å². The van der Waals surface area contributed by atoms with E-state index in [1.165, 1.54) is 8.66 Å². The summed E-state index contributed by atoms with van der Waals surface area (Å²) in [6.45, 7) is 4.44. The van der Waals surface area contributed by atoms with Gasteiger partial charge >= 0.3 is 0 Å². The average molecular weight is 262 g/mol. The Labute approximate surface area is 90.3 Å². The van der Waals surface area contributed by atoms with Crippen molar-refractivity contribution < 1.29 is 5.11 Å². The molecule has 0 unspecified atom stereocenters. The molecule has 2 nitrogen and oxygen atoms in total. The standard InChI is InChI=1S/C9H12BrNOS/c1-9(12)5-11(6-9)4-7-2-3-8(10)13-7/h2-3,12H,4-6H2,1H3. The third-order valence-corrected chi connectivity index (χ3v) is 3.75. The Kier molecular flexibility index (Phi) is 2.49. The van der Waals surface area contributed by atoms with Crippen molar-refractivity contribution in [3.8, 4) is 0 Å². The molecule has 0 spiro atoms. The van der Waals surface area contributed by atoms with Crippen LogP contribution in [0.3, 0.4) is 0 Å². The lowest BCUT2D eigenvalue weighted by Crippen LogP contribution is -2.59. The number of thiophene rings is 1. The summed E-state index contributed by atoms with van der Waals surface area (Å²) in [6.07, 6.45) is 0. The highest BCUT2D eigenvalue weighted by Crippen LogP contribution is 2.27. The topological polar surface area (TPSA) is 23.5 Å². The van der Waals surface area contributed by atoms with Gasteiger partial charge in [-0.2, -0.15) is 0 Å². The van der Waals surface area contributed by atoms with Gasteiger partial charge < -0.3 is 5.11 Å². The minimum absolute atomic E-state index is 0.450. The zero-order chi connectivity index (χ0) is 9.47. The van der Waals surface area contributed by atoms with Gasteiger partial charge in [-0.25, -0.2) is 0 Å². The molecule has 1 fully saturated rings. The summed E-state index contributed by atoms with van der Waals surface area (Å²) in [5.41, 5.74) is -0.450. The van der Waals surface area contributed by atoms with E-state index in [-0.39, 0.29) is 0 Å². The van der Waals surface area contributed by atoms with Gasteiger partial charge in [0.05, 0.1) is 9.39 Å². The number of halogens is 1. The molecular weight excluding hydrogens is 250 g/mol.